The fraction of sp³-hybridized carbons (Fsp3) is 0.562. The van der Waals surface area contributed by atoms with Gasteiger partial charge in [-0.2, -0.15) is 0 Å². The number of amides is 1. The summed E-state index contributed by atoms with van der Waals surface area (Å²) in [4.78, 5) is 14.0. The van der Waals surface area contributed by atoms with Crippen LogP contribution in [0, 0.1) is 5.92 Å². The Bertz CT molecular complexity index is 440. The molecule has 4 nitrogen and oxygen atoms in total. The van der Waals surface area contributed by atoms with Crippen molar-refractivity contribution in [2.75, 3.05) is 26.7 Å². The van der Waals surface area contributed by atoms with Crippen LogP contribution in [0.2, 0.25) is 0 Å². The third-order valence-electron chi connectivity index (χ3n) is 3.87. The first-order valence-electron chi connectivity index (χ1n) is 7.39. The van der Waals surface area contributed by atoms with Gasteiger partial charge in [-0.05, 0) is 38.9 Å². The molecule has 2 rings (SSSR count). The number of likely N-dealkylation sites (tertiary alicyclic amines) is 1. The summed E-state index contributed by atoms with van der Waals surface area (Å²) >= 11 is 0. The fourth-order valence-corrected chi connectivity index (χ4v) is 2.73. The number of piperidine rings is 1. The number of nitrogens with one attached hydrogen (secondary N) is 1. The van der Waals surface area contributed by atoms with Gasteiger partial charge in [-0.3, -0.25) is 9.69 Å². The van der Waals surface area contributed by atoms with Gasteiger partial charge in [0.15, 0.2) is 0 Å². The Morgan fingerprint density at radius 2 is 2.05 bits per heavy atom. The van der Waals surface area contributed by atoms with Crippen molar-refractivity contribution in [2.24, 2.45) is 5.92 Å². The smallest absolute Gasteiger partial charge is 0.222 e. The molecule has 1 aliphatic rings. The van der Waals surface area contributed by atoms with Crippen molar-refractivity contribution < 1.29 is 9.53 Å². The molecule has 0 aliphatic carbocycles. The van der Waals surface area contributed by atoms with Crippen LogP contribution in [-0.4, -0.2) is 37.6 Å². The second kappa shape index (κ2) is 7.29. The Kier molecular flexibility index (Phi) is 5.41. The summed E-state index contributed by atoms with van der Waals surface area (Å²) in [5.41, 5.74) is 1.23. The van der Waals surface area contributed by atoms with E-state index in [0.717, 1.165) is 38.2 Å². The molecule has 0 atom stereocenters. The molecule has 1 aromatic rings. The van der Waals surface area contributed by atoms with Gasteiger partial charge in [-0.15, -0.1) is 0 Å². The van der Waals surface area contributed by atoms with Crippen LogP contribution in [0.25, 0.3) is 0 Å². The first-order valence-corrected chi connectivity index (χ1v) is 7.39. The Morgan fingerprint density at radius 3 is 2.70 bits per heavy atom. The highest BCUT2D eigenvalue weighted by atomic mass is 16.5. The van der Waals surface area contributed by atoms with Crippen molar-refractivity contribution >= 4 is 5.91 Å². The van der Waals surface area contributed by atoms with Gasteiger partial charge in [0.25, 0.3) is 0 Å². The molecule has 0 saturated carbocycles. The summed E-state index contributed by atoms with van der Waals surface area (Å²) in [6.07, 6.45) is 1.88. The molecular formula is C16H24N2O2. The van der Waals surface area contributed by atoms with E-state index >= 15 is 0 Å². The number of carbonyl (C=O) groups is 1. The minimum atomic E-state index is 0.179. The predicted molar refractivity (Wildman–Crippen MR) is 79.7 cm³/mol. The summed E-state index contributed by atoms with van der Waals surface area (Å²) in [6.45, 7) is 5.54. The van der Waals surface area contributed by atoms with E-state index in [9.17, 15) is 4.79 Å². The molecular weight excluding hydrogens is 252 g/mol. The van der Waals surface area contributed by atoms with Crippen molar-refractivity contribution in [1.82, 2.24) is 10.2 Å². The lowest BCUT2D eigenvalue weighted by atomic mass is 9.95. The van der Waals surface area contributed by atoms with Gasteiger partial charge >= 0.3 is 0 Å². The van der Waals surface area contributed by atoms with Crippen LogP contribution >= 0.6 is 0 Å². The van der Waals surface area contributed by atoms with E-state index in [2.05, 4.69) is 22.3 Å². The maximum Gasteiger partial charge on any atom is 0.222 e. The molecule has 4 heteroatoms. The van der Waals surface area contributed by atoms with Crippen molar-refractivity contribution in [2.45, 2.75) is 26.3 Å². The molecule has 0 spiro atoms. The fourth-order valence-electron chi connectivity index (χ4n) is 2.73. The molecule has 1 saturated heterocycles. The molecule has 110 valence electrons. The summed E-state index contributed by atoms with van der Waals surface area (Å²) in [7, 11) is 1.72. The largest absolute Gasteiger partial charge is 0.494 e. The molecule has 0 aromatic heterocycles. The van der Waals surface area contributed by atoms with Gasteiger partial charge in [0.05, 0.1) is 6.61 Å². The van der Waals surface area contributed by atoms with Gasteiger partial charge < -0.3 is 10.1 Å². The van der Waals surface area contributed by atoms with Crippen molar-refractivity contribution in [1.29, 1.82) is 0 Å². The minimum Gasteiger partial charge on any atom is -0.494 e. The Balaban J connectivity index is 1.91. The third-order valence-corrected chi connectivity index (χ3v) is 3.87. The third kappa shape index (κ3) is 3.73. The summed E-state index contributed by atoms with van der Waals surface area (Å²) in [5, 5.41) is 2.75. The van der Waals surface area contributed by atoms with E-state index in [0.29, 0.717) is 6.61 Å². The molecule has 1 N–H and O–H groups in total. The maximum absolute atomic E-state index is 11.6. The summed E-state index contributed by atoms with van der Waals surface area (Å²) in [5.74, 6) is 1.33. The zero-order valence-corrected chi connectivity index (χ0v) is 12.4. The van der Waals surface area contributed by atoms with Crippen LogP contribution in [0.5, 0.6) is 5.75 Å². The van der Waals surface area contributed by atoms with Gasteiger partial charge in [0, 0.05) is 25.1 Å². The number of para-hydroxylation sites is 1. The first kappa shape index (κ1) is 14.9. The summed E-state index contributed by atoms with van der Waals surface area (Å²) < 4.78 is 5.66. The lowest BCUT2D eigenvalue weighted by molar-refractivity contribution is -0.125. The lowest BCUT2D eigenvalue weighted by Gasteiger charge is -2.31. The van der Waals surface area contributed by atoms with Gasteiger partial charge in [-0.1, -0.05) is 18.2 Å². The quantitative estimate of drug-likeness (QED) is 0.895. The minimum absolute atomic E-state index is 0.179. The van der Waals surface area contributed by atoms with E-state index in [1.54, 1.807) is 7.05 Å². The normalized spacial score (nSPS) is 16.9. The average Bonchev–Trinajstić information content (AvgIpc) is 2.49. The maximum atomic E-state index is 11.6. The number of benzene rings is 1. The number of rotatable bonds is 5. The molecule has 1 amide bonds. The number of hydrogen-bond acceptors (Lipinski definition) is 3. The van der Waals surface area contributed by atoms with Gasteiger partial charge in [-0.25, -0.2) is 0 Å². The number of hydrogen-bond donors (Lipinski definition) is 1. The Hall–Kier alpha value is -1.55. The van der Waals surface area contributed by atoms with E-state index < -0.39 is 0 Å². The monoisotopic (exact) mass is 276 g/mol. The van der Waals surface area contributed by atoms with Crippen LogP contribution in [-0.2, 0) is 11.3 Å². The van der Waals surface area contributed by atoms with E-state index in [4.69, 9.17) is 4.74 Å². The number of ether oxygens (including phenoxy) is 1. The second-order valence-corrected chi connectivity index (χ2v) is 5.21. The van der Waals surface area contributed by atoms with E-state index in [1.165, 1.54) is 5.56 Å². The molecule has 0 radical (unpaired) electrons. The molecule has 1 heterocycles. The second-order valence-electron chi connectivity index (χ2n) is 5.21. The van der Waals surface area contributed by atoms with Crippen molar-refractivity contribution in [3.63, 3.8) is 0 Å². The Morgan fingerprint density at radius 1 is 1.35 bits per heavy atom. The number of nitrogens with zero attached hydrogens (tertiary/aromatic N) is 1. The molecule has 0 bridgehead atoms. The zero-order chi connectivity index (χ0) is 14.4. The van der Waals surface area contributed by atoms with Gasteiger partial charge in [0.2, 0.25) is 5.91 Å². The van der Waals surface area contributed by atoms with Crippen LogP contribution in [0.15, 0.2) is 24.3 Å². The standard InChI is InChI=1S/C16H24N2O2/c1-3-20-15-7-5-4-6-14(15)12-18-10-8-13(9-11-18)16(19)17-2/h4-7,13H,3,8-12H2,1-2H3,(H,17,19). The first-order chi connectivity index (χ1) is 9.74. The highest BCUT2D eigenvalue weighted by Gasteiger charge is 2.24. The van der Waals surface area contributed by atoms with Gasteiger partial charge in [0.1, 0.15) is 5.75 Å². The van der Waals surface area contributed by atoms with E-state index in [1.807, 2.05) is 19.1 Å². The topological polar surface area (TPSA) is 41.6 Å². The molecule has 1 aliphatic heterocycles. The van der Waals surface area contributed by atoms with Crippen LogP contribution in [0.1, 0.15) is 25.3 Å². The lowest BCUT2D eigenvalue weighted by Crippen LogP contribution is -2.39. The van der Waals surface area contributed by atoms with Crippen molar-refractivity contribution in [3.8, 4) is 5.75 Å². The zero-order valence-electron chi connectivity index (χ0n) is 12.4. The summed E-state index contributed by atoms with van der Waals surface area (Å²) in [6, 6.07) is 8.20. The van der Waals surface area contributed by atoms with E-state index in [-0.39, 0.29) is 11.8 Å². The SMILES string of the molecule is CCOc1ccccc1CN1CCC(C(=O)NC)CC1. The predicted octanol–water partition coefficient (Wildman–Crippen LogP) is 2.04. The highest BCUT2D eigenvalue weighted by molar-refractivity contribution is 5.78. The van der Waals surface area contributed by atoms with Crippen LogP contribution in [0.4, 0.5) is 0 Å². The Labute approximate surface area is 121 Å². The highest BCUT2D eigenvalue weighted by Crippen LogP contribution is 2.23. The molecule has 1 fully saturated rings. The average molecular weight is 276 g/mol. The van der Waals surface area contributed by atoms with Crippen LogP contribution < -0.4 is 10.1 Å². The van der Waals surface area contributed by atoms with Crippen molar-refractivity contribution in [3.05, 3.63) is 29.8 Å². The number of carbonyl (C=O) groups excluding carboxylic acids is 1. The molecule has 0 unspecified atom stereocenters. The molecule has 1 aromatic carbocycles. The van der Waals surface area contributed by atoms with Crippen LogP contribution in [0.3, 0.4) is 0 Å². The molecule has 20 heavy (non-hydrogen) atoms.